The van der Waals surface area contributed by atoms with Gasteiger partial charge in [0.1, 0.15) is 5.82 Å². The average molecular weight is 622 g/mol. The maximum Gasteiger partial charge on any atom is 0.417 e. The molecule has 0 radical (unpaired) electrons. The number of pyridine rings is 1. The number of hydrogen-bond donors (Lipinski definition) is 2. The van der Waals surface area contributed by atoms with Crippen LogP contribution in [0.2, 0.25) is 5.02 Å². The second kappa shape index (κ2) is 12.1. The van der Waals surface area contributed by atoms with E-state index in [2.05, 4.69) is 20.0 Å². The smallest absolute Gasteiger partial charge is 0.362 e. The lowest BCUT2D eigenvalue weighted by Crippen LogP contribution is -2.33. The number of sulfonamides is 1. The summed E-state index contributed by atoms with van der Waals surface area (Å²) in [5, 5.41) is 3.92. The van der Waals surface area contributed by atoms with Gasteiger partial charge >= 0.3 is 6.18 Å². The third-order valence-corrected chi connectivity index (χ3v) is 9.16. The Bertz CT molecular complexity index is 1670. The van der Waals surface area contributed by atoms with Crippen LogP contribution in [0.5, 0.6) is 0 Å². The topological polar surface area (TPSA) is 105 Å². The number of nitrogens with one attached hydrogen (secondary N) is 2. The fraction of sp³-hybridized carbons (Fsp3) is 0.393. The lowest BCUT2D eigenvalue weighted by molar-refractivity contribution is -0.137. The van der Waals surface area contributed by atoms with Gasteiger partial charge in [0, 0.05) is 45.0 Å². The molecular formula is C28H31ClF3N7O2S. The molecule has 3 aromatic heterocycles. The number of alkyl halides is 3. The third kappa shape index (κ3) is 6.63. The van der Waals surface area contributed by atoms with Gasteiger partial charge in [-0.05, 0) is 67.9 Å². The molecule has 1 aromatic carbocycles. The molecule has 0 unspecified atom stereocenters. The van der Waals surface area contributed by atoms with Gasteiger partial charge in [0.05, 0.1) is 16.1 Å². The van der Waals surface area contributed by atoms with Crippen molar-refractivity contribution >= 4 is 44.3 Å². The van der Waals surface area contributed by atoms with Gasteiger partial charge in [-0.15, -0.1) is 0 Å². The normalized spacial score (nSPS) is 17.9. The molecule has 1 saturated carbocycles. The van der Waals surface area contributed by atoms with Gasteiger partial charge < -0.3 is 10.2 Å². The minimum absolute atomic E-state index is 0.101. The zero-order valence-electron chi connectivity index (χ0n) is 23.1. The average Bonchev–Trinajstić information content (AvgIpc) is 3.45. The van der Waals surface area contributed by atoms with E-state index in [1.54, 1.807) is 0 Å². The molecule has 14 heteroatoms. The van der Waals surface area contributed by atoms with Crippen LogP contribution in [-0.4, -0.2) is 55.1 Å². The molecule has 1 aliphatic rings. The Kier molecular flexibility index (Phi) is 8.63. The molecule has 0 aliphatic heterocycles. The van der Waals surface area contributed by atoms with E-state index in [0.717, 1.165) is 55.0 Å². The maximum atomic E-state index is 13.1. The molecule has 0 spiro atoms. The van der Waals surface area contributed by atoms with E-state index >= 15 is 0 Å². The van der Waals surface area contributed by atoms with Crippen LogP contribution in [0, 0.1) is 11.8 Å². The van der Waals surface area contributed by atoms with Gasteiger partial charge in [-0.3, -0.25) is 4.57 Å². The molecule has 0 atom stereocenters. The minimum Gasteiger partial charge on any atom is -0.362 e. The summed E-state index contributed by atoms with van der Waals surface area (Å²) in [5.74, 6) is 1.89. The summed E-state index contributed by atoms with van der Waals surface area (Å²) in [6.07, 6.45) is 0.967. The van der Waals surface area contributed by atoms with Gasteiger partial charge in [0.25, 0.3) is 10.0 Å². The van der Waals surface area contributed by atoms with E-state index in [1.165, 1.54) is 22.9 Å². The quantitative estimate of drug-likeness (QED) is 0.245. The van der Waals surface area contributed by atoms with Crippen molar-refractivity contribution in [1.82, 2.24) is 24.2 Å². The SMILES string of the molecule is CN(C)c1nc(NC[C@H]2CC[C@H](CNS(=O)(=O)c3cccn3-c3ncc(C(F)(F)F)cc3Cl)CC2)nc2ccccc12. The molecule has 5 rings (SSSR count). The minimum atomic E-state index is -4.61. The van der Waals surface area contributed by atoms with Crippen molar-refractivity contribution in [3.05, 3.63) is 65.4 Å². The Morgan fingerprint density at radius 3 is 2.38 bits per heavy atom. The van der Waals surface area contributed by atoms with Gasteiger partial charge in [-0.2, -0.15) is 18.2 Å². The van der Waals surface area contributed by atoms with Crippen molar-refractivity contribution in [3.63, 3.8) is 0 Å². The Morgan fingerprint density at radius 2 is 1.71 bits per heavy atom. The molecule has 1 fully saturated rings. The molecule has 1 aliphatic carbocycles. The van der Waals surface area contributed by atoms with Gasteiger partial charge in [-0.25, -0.2) is 23.1 Å². The number of nitrogens with zero attached hydrogens (tertiary/aromatic N) is 5. The molecule has 0 saturated heterocycles. The number of para-hydroxylation sites is 1. The summed E-state index contributed by atoms with van der Waals surface area (Å²) < 4.78 is 69.1. The Balaban J connectivity index is 1.16. The van der Waals surface area contributed by atoms with E-state index in [4.69, 9.17) is 16.6 Å². The molecular weight excluding hydrogens is 591 g/mol. The first kappa shape index (κ1) is 30.1. The number of fused-ring (bicyclic) bond motifs is 1. The van der Waals surface area contributed by atoms with Crippen LogP contribution < -0.4 is 14.9 Å². The summed E-state index contributed by atoms with van der Waals surface area (Å²) >= 11 is 6.06. The largest absolute Gasteiger partial charge is 0.417 e. The predicted molar refractivity (Wildman–Crippen MR) is 157 cm³/mol. The van der Waals surface area contributed by atoms with E-state index in [0.29, 0.717) is 18.1 Å². The van der Waals surface area contributed by atoms with Crippen LogP contribution >= 0.6 is 11.6 Å². The van der Waals surface area contributed by atoms with Crippen molar-refractivity contribution < 1.29 is 21.6 Å². The van der Waals surface area contributed by atoms with Crippen molar-refractivity contribution in [1.29, 1.82) is 0 Å². The first-order valence-corrected chi connectivity index (χ1v) is 15.4. The number of hydrogen-bond acceptors (Lipinski definition) is 7. The summed E-state index contributed by atoms with van der Waals surface area (Å²) in [7, 11) is -0.0791. The highest BCUT2D eigenvalue weighted by molar-refractivity contribution is 7.89. The number of aromatic nitrogens is 4. The van der Waals surface area contributed by atoms with Crippen LogP contribution in [0.3, 0.4) is 0 Å². The van der Waals surface area contributed by atoms with Crippen molar-refractivity contribution in [2.24, 2.45) is 11.8 Å². The van der Waals surface area contributed by atoms with Crippen molar-refractivity contribution in [3.8, 4) is 5.82 Å². The predicted octanol–water partition coefficient (Wildman–Crippen LogP) is 5.75. The monoisotopic (exact) mass is 621 g/mol. The zero-order valence-corrected chi connectivity index (χ0v) is 24.6. The number of halogens is 4. The molecule has 42 heavy (non-hydrogen) atoms. The van der Waals surface area contributed by atoms with Crippen LogP contribution in [0.4, 0.5) is 24.9 Å². The summed E-state index contributed by atoms with van der Waals surface area (Å²) in [5.41, 5.74) is -0.142. The highest BCUT2D eigenvalue weighted by Crippen LogP contribution is 2.33. The van der Waals surface area contributed by atoms with E-state index < -0.39 is 21.8 Å². The number of benzene rings is 1. The maximum absolute atomic E-state index is 13.1. The fourth-order valence-corrected chi connectivity index (χ4v) is 6.70. The van der Waals surface area contributed by atoms with Crippen molar-refractivity contribution in [2.45, 2.75) is 36.9 Å². The van der Waals surface area contributed by atoms with Gasteiger partial charge in [-0.1, -0.05) is 23.7 Å². The molecule has 2 N–H and O–H groups in total. The second-order valence-electron chi connectivity index (χ2n) is 10.6. The summed E-state index contributed by atoms with van der Waals surface area (Å²) in [4.78, 5) is 15.1. The highest BCUT2D eigenvalue weighted by Gasteiger charge is 2.32. The van der Waals surface area contributed by atoms with Crippen molar-refractivity contribution in [2.75, 3.05) is 37.4 Å². The Labute approximate surface area is 247 Å². The molecule has 224 valence electrons. The van der Waals surface area contributed by atoms with E-state index in [1.807, 2.05) is 43.3 Å². The number of anilines is 2. The highest BCUT2D eigenvalue weighted by atomic mass is 35.5. The molecule has 0 bridgehead atoms. The Hall–Kier alpha value is -3.42. The van der Waals surface area contributed by atoms with Gasteiger partial charge in [0.2, 0.25) is 5.95 Å². The van der Waals surface area contributed by atoms with E-state index in [-0.39, 0.29) is 28.3 Å². The Morgan fingerprint density at radius 1 is 1.02 bits per heavy atom. The summed E-state index contributed by atoms with van der Waals surface area (Å²) in [6, 6.07) is 11.4. The fourth-order valence-electron chi connectivity index (χ4n) is 5.18. The molecule has 3 heterocycles. The zero-order chi connectivity index (χ0) is 30.1. The standard InChI is InChI=1S/C28H31ClF3N7O2S/c1-38(2)25-21-6-3-4-7-23(21)36-27(37-25)34-15-18-9-11-19(12-10-18)16-35-42(40,41)24-8-5-13-39(24)26-22(29)14-20(17-33-26)28(30,31)32/h3-8,13-14,17-19,35H,9-12,15-16H2,1-2H3,(H,34,36,37)/t18-,19-. The number of rotatable bonds is 9. The second-order valence-corrected chi connectivity index (χ2v) is 12.8. The lowest BCUT2D eigenvalue weighted by Gasteiger charge is -2.29. The van der Waals surface area contributed by atoms with Crippen LogP contribution in [0.15, 0.2) is 59.9 Å². The lowest BCUT2D eigenvalue weighted by atomic mass is 9.82. The third-order valence-electron chi connectivity index (χ3n) is 7.45. The van der Waals surface area contributed by atoms with Gasteiger partial charge in [0.15, 0.2) is 10.8 Å². The molecule has 9 nitrogen and oxygen atoms in total. The van der Waals surface area contributed by atoms with Crippen LogP contribution in [0.25, 0.3) is 16.7 Å². The molecule has 0 amide bonds. The van der Waals surface area contributed by atoms with Crippen LogP contribution in [0.1, 0.15) is 31.2 Å². The first-order chi connectivity index (χ1) is 19.9. The summed E-state index contributed by atoms with van der Waals surface area (Å²) in [6.45, 7) is 0.972. The first-order valence-electron chi connectivity index (χ1n) is 13.5. The molecule has 4 aromatic rings. The van der Waals surface area contributed by atoms with E-state index in [9.17, 15) is 21.6 Å². The van der Waals surface area contributed by atoms with Crippen LogP contribution in [-0.2, 0) is 16.2 Å².